The standard InChI is InChI=1S/C27H39N3O2/c1-17(2)19-11-10-12-20(18(3)4)23(19)29-25-24(26(31)27(25)32)28-21-13-6-7-14-22(21)30-15-8-5-9-16-30/h10-12,17-18,21-22,28-29H,5-9,13-16H2,1-4H3/t21-,22-/m0/s1. The van der Waals surface area contributed by atoms with Gasteiger partial charge in [0.2, 0.25) is 0 Å². The Morgan fingerprint density at radius 3 is 2.00 bits per heavy atom. The van der Waals surface area contributed by atoms with Crippen molar-refractivity contribution in [2.24, 2.45) is 0 Å². The lowest BCUT2D eigenvalue weighted by Gasteiger charge is -2.42. The van der Waals surface area contributed by atoms with Gasteiger partial charge in [-0.2, -0.15) is 0 Å². The molecular formula is C27H39N3O2. The van der Waals surface area contributed by atoms with Gasteiger partial charge in [0.15, 0.2) is 0 Å². The van der Waals surface area contributed by atoms with Crippen LogP contribution < -0.4 is 21.5 Å². The molecule has 0 amide bonds. The predicted molar refractivity (Wildman–Crippen MR) is 134 cm³/mol. The number of nitrogens with zero attached hydrogens (tertiary/aromatic N) is 1. The Bertz CT molecular complexity index is 971. The molecule has 1 saturated carbocycles. The van der Waals surface area contributed by atoms with Crippen LogP contribution in [0.5, 0.6) is 0 Å². The van der Waals surface area contributed by atoms with Crippen molar-refractivity contribution in [3.63, 3.8) is 0 Å². The van der Waals surface area contributed by atoms with Gasteiger partial charge in [-0.05, 0) is 61.7 Å². The Morgan fingerprint density at radius 1 is 0.781 bits per heavy atom. The molecule has 2 aromatic carbocycles. The van der Waals surface area contributed by atoms with Crippen LogP contribution in [0.4, 0.5) is 17.1 Å². The first-order valence-electron chi connectivity index (χ1n) is 12.6. The van der Waals surface area contributed by atoms with E-state index in [1.807, 2.05) is 0 Å². The summed E-state index contributed by atoms with van der Waals surface area (Å²) in [4.78, 5) is 27.9. The first-order chi connectivity index (χ1) is 15.4. The molecule has 1 heterocycles. The molecule has 0 radical (unpaired) electrons. The minimum atomic E-state index is -0.397. The zero-order valence-corrected chi connectivity index (χ0v) is 20.2. The summed E-state index contributed by atoms with van der Waals surface area (Å²) in [6.45, 7) is 11.0. The molecule has 2 fully saturated rings. The number of hydrogen-bond acceptors (Lipinski definition) is 5. The van der Waals surface area contributed by atoms with E-state index < -0.39 is 5.43 Å². The Morgan fingerprint density at radius 2 is 1.38 bits per heavy atom. The van der Waals surface area contributed by atoms with Crippen LogP contribution in [0, 0.1) is 0 Å². The fourth-order valence-electron chi connectivity index (χ4n) is 5.62. The van der Waals surface area contributed by atoms with E-state index in [-0.39, 0.29) is 11.5 Å². The zero-order valence-electron chi connectivity index (χ0n) is 20.2. The Kier molecular flexibility index (Phi) is 7.04. The zero-order chi connectivity index (χ0) is 22.8. The fourth-order valence-corrected chi connectivity index (χ4v) is 5.62. The molecule has 0 bridgehead atoms. The Balaban J connectivity index is 1.61. The van der Waals surface area contributed by atoms with Crippen molar-refractivity contribution in [2.75, 3.05) is 23.7 Å². The van der Waals surface area contributed by atoms with Crippen LogP contribution in [0.3, 0.4) is 0 Å². The smallest absolute Gasteiger partial charge is 0.253 e. The van der Waals surface area contributed by atoms with Crippen LogP contribution in [0.15, 0.2) is 27.8 Å². The lowest BCUT2D eigenvalue weighted by molar-refractivity contribution is 0.121. The second-order valence-electron chi connectivity index (χ2n) is 10.4. The van der Waals surface area contributed by atoms with Gasteiger partial charge >= 0.3 is 0 Å². The van der Waals surface area contributed by atoms with Gasteiger partial charge in [-0.15, -0.1) is 0 Å². The number of piperidine rings is 1. The van der Waals surface area contributed by atoms with Crippen molar-refractivity contribution in [3.05, 3.63) is 49.8 Å². The second kappa shape index (κ2) is 9.78. The number of anilines is 3. The maximum Gasteiger partial charge on any atom is 0.253 e. The number of nitrogens with one attached hydrogen (secondary N) is 2. The van der Waals surface area contributed by atoms with Crippen molar-refractivity contribution in [1.29, 1.82) is 0 Å². The largest absolute Gasteiger partial charge is 0.376 e. The van der Waals surface area contributed by atoms with Gasteiger partial charge in [0.1, 0.15) is 11.4 Å². The SMILES string of the molecule is CC(C)c1cccc(C(C)C)c1Nc1c(N[C@H]2CCCC[C@@H]2N2CCCCC2)c(=O)c1=O. The second-order valence-corrected chi connectivity index (χ2v) is 10.4. The predicted octanol–water partition coefficient (Wildman–Crippen LogP) is 5.48. The highest BCUT2D eigenvalue weighted by Gasteiger charge is 2.33. The third kappa shape index (κ3) is 4.50. The summed E-state index contributed by atoms with van der Waals surface area (Å²) in [6, 6.07) is 7.00. The van der Waals surface area contributed by atoms with Crippen molar-refractivity contribution in [3.8, 4) is 0 Å². The van der Waals surface area contributed by atoms with Crippen molar-refractivity contribution < 1.29 is 0 Å². The quantitative estimate of drug-likeness (QED) is 0.562. The van der Waals surface area contributed by atoms with Crippen LogP contribution in [0.25, 0.3) is 0 Å². The molecule has 1 saturated heterocycles. The van der Waals surface area contributed by atoms with Gasteiger partial charge in [-0.3, -0.25) is 14.5 Å². The maximum atomic E-state index is 12.6. The number of rotatable bonds is 7. The summed E-state index contributed by atoms with van der Waals surface area (Å²) in [5.41, 5.74) is 3.53. The first-order valence-corrected chi connectivity index (χ1v) is 12.6. The minimum absolute atomic E-state index is 0.232. The van der Waals surface area contributed by atoms with E-state index in [4.69, 9.17) is 0 Å². The first kappa shape index (κ1) is 23.0. The number of hydrogen-bond donors (Lipinski definition) is 2. The molecule has 0 aromatic heterocycles. The highest BCUT2D eigenvalue weighted by Crippen LogP contribution is 2.36. The summed E-state index contributed by atoms with van der Waals surface area (Å²) >= 11 is 0. The van der Waals surface area contributed by atoms with E-state index in [9.17, 15) is 9.59 Å². The monoisotopic (exact) mass is 437 g/mol. The molecule has 32 heavy (non-hydrogen) atoms. The lowest BCUT2D eigenvalue weighted by Crippen LogP contribution is -2.52. The summed E-state index contributed by atoms with van der Waals surface area (Å²) in [6.07, 6.45) is 8.49. The van der Waals surface area contributed by atoms with E-state index in [2.05, 4.69) is 61.4 Å². The van der Waals surface area contributed by atoms with Gasteiger partial charge in [0.25, 0.3) is 10.9 Å². The van der Waals surface area contributed by atoms with E-state index in [0.29, 0.717) is 29.3 Å². The van der Waals surface area contributed by atoms with Crippen LogP contribution in [0.1, 0.15) is 95.6 Å². The normalized spacial score (nSPS) is 22.6. The topological polar surface area (TPSA) is 61.4 Å². The Labute approximate surface area is 192 Å². The molecule has 1 aliphatic carbocycles. The van der Waals surface area contributed by atoms with Gasteiger partial charge in [-0.25, -0.2) is 0 Å². The third-order valence-corrected chi connectivity index (χ3v) is 7.45. The number of likely N-dealkylation sites (tertiary alicyclic amines) is 1. The highest BCUT2D eigenvalue weighted by molar-refractivity contribution is 5.81. The van der Waals surface area contributed by atoms with Gasteiger partial charge in [0.05, 0.1) is 0 Å². The van der Waals surface area contributed by atoms with Gasteiger partial charge in [0, 0.05) is 17.8 Å². The molecule has 2 N–H and O–H groups in total. The van der Waals surface area contributed by atoms with Crippen molar-refractivity contribution in [2.45, 2.75) is 96.6 Å². The fraction of sp³-hybridized carbons (Fsp3) is 0.630. The Hall–Kier alpha value is -2.14. The van der Waals surface area contributed by atoms with Crippen LogP contribution >= 0.6 is 0 Å². The molecule has 174 valence electrons. The number of para-hydroxylation sites is 1. The third-order valence-electron chi connectivity index (χ3n) is 7.45. The molecule has 0 unspecified atom stereocenters. The van der Waals surface area contributed by atoms with Crippen LogP contribution in [-0.4, -0.2) is 30.1 Å². The summed E-state index contributed by atoms with van der Waals surface area (Å²) in [7, 11) is 0. The van der Waals surface area contributed by atoms with E-state index in [1.54, 1.807) is 0 Å². The lowest BCUT2D eigenvalue weighted by atomic mass is 9.87. The molecule has 0 spiro atoms. The summed E-state index contributed by atoms with van der Waals surface area (Å²) < 4.78 is 0. The highest BCUT2D eigenvalue weighted by atomic mass is 16.2. The van der Waals surface area contributed by atoms with E-state index in [1.165, 1.54) is 49.7 Å². The van der Waals surface area contributed by atoms with Gasteiger partial charge in [-0.1, -0.05) is 65.2 Å². The molecule has 2 aliphatic rings. The maximum absolute atomic E-state index is 12.6. The molecular weight excluding hydrogens is 398 g/mol. The average molecular weight is 438 g/mol. The van der Waals surface area contributed by atoms with Crippen LogP contribution in [-0.2, 0) is 0 Å². The molecule has 5 heteroatoms. The molecule has 1 aliphatic heterocycles. The van der Waals surface area contributed by atoms with Crippen LogP contribution in [0.2, 0.25) is 0 Å². The van der Waals surface area contributed by atoms with Crippen molar-refractivity contribution >= 4 is 17.1 Å². The summed E-state index contributed by atoms with van der Waals surface area (Å²) in [5.74, 6) is 0.641. The molecule has 2 atom stereocenters. The van der Waals surface area contributed by atoms with Crippen molar-refractivity contribution in [1.82, 2.24) is 4.90 Å². The van der Waals surface area contributed by atoms with E-state index in [0.717, 1.165) is 25.2 Å². The number of benzene rings is 1. The van der Waals surface area contributed by atoms with E-state index >= 15 is 0 Å². The average Bonchev–Trinajstić information content (AvgIpc) is 2.81. The van der Waals surface area contributed by atoms with Gasteiger partial charge < -0.3 is 10.6 Å². The molecule has 4 rings (SSSR count). The molecule has 5 nitrogen and oxygen atoms in total. The summed E-state index contributed by atoms with van der Waals surface area (Å²) in [5, 5.41) is 6.98. The molecule has 2 aromatic rings. The minimum Gasteiger partial charge on any atom is -0.376 e.